The molecule has 0 saturated carbocycles. The first-order valence-electron chi connectivity index (χ1n) is 19.2. The highest BCUT2D eigenvalue weighted by Crippen LogP contribution is 2.42. The van der Waals surface area contributed by atoms with Crippen LogP contribution in [0.15, 0.2) is 188 Å². The van der Waals surface area contributed by atoms with Gasteiger partial charge in [-0.25, -0.2) is 0 Å². The number of benzene rings is 8. The Bertz CT molecular complexity index is 2700. The number of fused-ring (bicyclic) bond motifs is 2. The first kappa shape index (κ1) is 18.7. The monoisotopic (exact) mass is 582 g/mol. The largest absolute Gasteiger partial charge is 0.310 e. The van der Waals surface area contributed by atoms with E-state index in [1.807, 2.05) is 97.1 Å². The third-order valence-electron chi connectivity index (χ3n) is 8.02. The van der Waals surface area contributed by atoms with Crippen molar-refractivity contribution in [3.8, 4) is 33.4 Å². The summed E-state index contributed by atoms with van der Waals surface area (Å²) in [6.45, 7) is 0. The molecule has 1 heteroatoms. The van der Waals surface area contributed by atoms with Crippen molar-refractivity contribution in [1.29, 1.82) is 0 Å². The maximum absolute atomic E-state index is 9.34. The Kier molecular flexibility index (Phi) is 4.83. The predicted octanol–water partition coefficient (Wildman–Crippen LogP) is 12.5. The van der Waals surface area contributed by atoms with Crippen molar-refractivity contribution in [3.63, 3.8) is 0 Å². The Labute approximate surface area is 276 Å². The first-order chi connectivity index (χ1) is 26.1. The molecule has 1 nitrogen and oxygen atoms in total. The minimum absolute atomic E-state index is 0.0408. The summed E-state index contributed by atoms with van der Waals surface area (Å²) >= 11 is 0. The van der Waals surface area contributed by atoms with Crippen LogP contribution in [0, 0.1) is 0 Å². The third kappa shape index (κ3) is 5.05. The highest BCUT2D eigenvalue weighted by atomic mass is 15.1. The average molecular weight is 583 g/mol. The summed E-state index contributed by atoms with van der Waals surface area (Å²) in [7, 11) is 0. The van der Waals surface area contributed by atoms with Gasteiger partial charge in [-0.15, -0.1) is 0 Å². The molecule has 212 valence electrons. The average Bonchev–Trinajstić information content (AvgIpc) is 3.21. The molecule has 0 spiro atoms. The molecule has 0 atom stereocenters. The van der Waals surface area contributed by atoms with E-state index in [0.29, 0.717) is 11.4 Å². The number of hydrogen-bond acceptors (Lipinski definition) is 1. The van der Waals surface area contributed by atoms with Crippen LogP contribution in [0.1, 0.15) is 12.3 Å². The molecule has 0 aromatic heterocycles. The van der Waals surface area contributed by atoms with Crippen LogP contribution in [0.25, 0.3) is 54.9 Å². The maximum Gasteiger partial charge on any atom is 0.0645 e. The lowest BCUT2D eigenvalue weighted by atomic mass is 9.90. The minimum atomic E-state index is -0.619. The molecule has 0 unspecified atom stereocenters. The van der Waals surface area contributed by atoms with Crippen LogP contribution >= 0.6 is 0 Å². The van der Waals surface area contributed by atoms with E-state index in [0.717, 1.165) is 43.8 Å². The van der Waals surface area contributed by atoms with Gasteiger partial charge in [0.05, 0.1) is 18.0 Å². The molecule has 8 rings (SSSR count). The molecule has 8 aromatic carbocycles. The lowest BCUT2D eigenvalue weighted by molar-refractivity contribution is 1.30. The summed E-state index contributed by atoms with van der Waals surface area (Å²) in [4.78, 5) is 1.71. The van der Waals surface area contributed by atoms with E-state index in [-0.39, 0.29) is 16.8 Å². The maximum atomic E-state index is 9.34. The summed E-state index contributed by atoms with van der Waals surface area (Å²) in [6, 6.07) is 39.0. The normalized spacial score (nSPS) is 13.9. The fraction of sp³-hybridized carbons (Fsp3) is 0. The van der Waals surface area contributed by atoms with Crippen molar-refractivity contribution in [2.75, 3.05) is 4.90 Å². The minimum Gasteiger partial charge on any atom is -0.310 e. The summed E-state index contributed by atoms with van der Waals surface area (Å²) in [5, 5.41) is 3.96. The van der Waals surface area contributed by atoms with Crippen molar-refractivity contribution in [2.45, 2.75) is 0 Å². The summed E-state index contributed by atoms with van der Waals surface area (Å²) in [6.07, 6.45) is 0. The Morgan fingerprint density at radius 3 is 1.76 bits per heavy atom. The van der Waals surface area contributed by atoms with Gasteiger partial charge in [0.2, 0.25) is 0 Å². The second-order valence-corrected chi connectivity index (χ2v) is 10.7. The van der Waals surface area contributed by atoms with E-state index >= 15 is 0 Å². The predicted molar refractivity (Wildman–Crippen MR) is 192 cm³/mol. The van der Waals surface area contributed by atoms with Crippen molar-refractivity contribution in [3.05, 3.63) is 188 Å². The molecular formula is C44H31N. The van der Waals surface area contributed by atoms with Gasteiger partial charge in [-0.1, -0.05) is 158 Å². The highest BCUT2D eigenvalue weighted by Gasteiger charge is 2.17. The van der Waals surface area contributed by atoms with Gasteiger partial charge in [0.15, 0.2) is 0 Å². The standard InChI is InChI=1S/C44H31N/c1-3-12-32(13-4-1)33-22-27-38(28-23-33)45(43-21-11-18-34-14-7-9-19-40(34)43)39-29-24-36(25-30-39)42-31-26-35-15-8-10-20-41(35)44(42)37-16-5-2-6-17-37/h1-31H/i1D,3D,4D,12D,13D,22D,23D,27D,28D. The second kappa shape index (κ2) is 11.6. The van der Waals surface area contributed by atoms with Gasteiger partial charge in [-0.3, -0.25) is 0 Å². The molecular weight excluding hydrogens is 542 g/mol. The van der Waals surface area contributed by atoms with Gasteiger partial charge in [-0.05, 0) is 79.8 Å². The molecule has 0 aliphatic heterocycles. The van der Waals surface area contributed by atoms with Gasteiger partial charge >= 0.3 is 0 Å². The van der Waals surface area contributed by atoms with Crippen molar-refractivity contribution < 1.29 is 12.3 Å². The summed E-state index contributed by atoms with van der Waals surface area (Å²) in [5.41, 5.74) is 4.55. The van der Waals surface area contributed by atoms with Crippen LogP contribution in [-0.2, 0) is 0 Å². The molecule has 0 heterocycles. The fourth-order valence-corrected chi connectivity index (χ4v) is 5.93. The summed E-state index contributed by atoms with van der Waals surface area (Å²) < 4.78 is 78.5. The molecule has 0 radical (unpaired) electrons. The third-order valence-corrected chi connectivity index (χ3v) is 8.02. The second-order valence-electron chi connectivity index (χ2n) is 10.7. The molecule has 0 aliphatic carbocycles. The van der Waals surface area contributed by atoms with Crippen LogP contribution in [0.3, 0.4) is 0 Å². The van der Waals surface area contributed by atoms with Crippen LogP contribution < -0.4 is 4.90 Å². The highest BCUT2D eigenvalue weighted by molar-refractivity contribution is 6.04. The van der Waals surface area contributed by atoms with Gasteiger partial charge < -0.3 is 4.90 Å². The zero-order chi connectivity index (χ0) is 37.8. The van der Waals surface area contributed by atoms with Gasteiger partial charge in [0.1, 0.15) is 0 Å². The number of nitrogens with zero attached hydrogens (tertiary/aromatic N) is 1. The van der Waals surface area contributed by atoms with E-state index in [4.69, 9.17) is 9.60 Å². The lowest BCUT2D eigenvalue weighted by Gasteiger charge is -2.27. The Morgan fingerprint density at radius 1 is 0.378 bits per heavy atom. The van der Waals surface area contributed by atoms with E-state index < -0.39 is 54.4 Å². The van der Waals surface area contributed by atoms with Crippen LogP contribution in [0.4, 0.5) is 17.1 Å². The van der Waals surface area contributed by atoms with Crippen LogP contribution in [0.5, 0.6) is 0 Å². The molecule has 45 heavy (non-hydrogen) atoms. The molecule has 0 saturated heterocycles. The molecule has 0 bridgehead atoms. The fourth-order valence-electron chi connectivity index (χ4n) is 5.93. The van der Waals surface area contributed by atoms with Crippen molar-refractivity contribution >= 4 is 38.6 Å². The molecule has 0 N–H and O–H groups in total. The van der Waals surface area contributed by atoms with Crippen LogP contribution in [0.2, 0.25) is 0 Å². The summed E-state index contributed by atoms with van der Waals surface area (Å²) in [5.74, 6) is 0. The van der Waals surface area contributed by atoms with Gasteiger partial charge in [-0.2, -0.15) is 0 Å². The Balaban J connectivity index is 1.36. The Morgan fingerprint density at radius 2 is 1.00 bits per heavy atom. The zero-order valence-corrected chi connectivity index (χ0v) is 24.1. The van der Waals surface area contributed by atoms with E-state index in [1.54, 1.807) is 4.90 Å². The van der Waals surface area contributed by atoms with Crippen molar-refractivity contribution in [2.24, 2.45) is 0 Å². The SMILES string of the molecule is [2H]c1c([2H])c([2H])c(-c2c([2H])c([2H])c(N(c3ccc(-c4ccc5ccccc5c4-c4ccccc4)cc3)c3cccc4ccccc34)c([2H])c2[2H])c([2H])c1[2H]. The van der Waals surface area contributed by atoms with Crippen molar-refractivity contribution in [1.82, 2.24) is 0 Å². The first-order valence-corrected chi connectivity index (χ1v) is 14.7. The molecule has 0 aliphatic rings. The number of anilines is 3. The number of hydrogen-bond donors (Lipinski definition) is 0. The van der Waals surface area contributed by atoms with E-state index in [2.05, 4.69) is 36.4 Å². The quantitative estimate of drug-likeness (QED) is 0.188. The lowest BCUT2D eigenvalue weighted by Crippen LogP contribution is -2.10. The van der Waals surface area contributed by atoms with Gasteiger partial charge in [0, 0.05) is 16.8 Å². The van der Waals surface area contributed by atoms with Crippen LogP contribution in [-0.4, -0.2) is 0 Å². The zero-order valence-electron chi connectivity index (χ0n) is 33.1. The molecule has 0 fully saturated rings. The molecule has 0 amide bonds. The Hall–Kier alpha value is -5.92. The van der Waals surface area contributed by atoms with E-state index in [9.17, 15) is 2.74 Å². The number of rotatable bonds is 6. The van der Waals surface area contributed by atoms with E-state index in [1.165, 1.54) is 0 Å². The topological polar surface area (TPSA) is 3.24 Å². The van der Waals surface area contributed by atoms with Gasteiger partial charge in [0.25, 0.3) is 0 Å². The smallest absolute Gasteiger partial charge is 0.0645 e. The molecule has 8 aromatic rings.